The van der Waals surface area contributed by atoms with Gasteiger partial charge in [0.2, 0.25) is 0 Å². The molecule has 4 aromatic carbocycles. The van der Waals surface area contributed by atoms with Crippen molar-refractivity contribution in [3.8, 4) is 11.5 Å². The molecular formula is C23H17NO2. The second kappa shape index (κ2) is 4.99. The van der Waals surface area contributed by atoms with Gasteiger partial charge in [0.1, 0.15) is 11.5 Å². The van der Waals surface area contributed by atoms with Crippen molar-refractivity contribution in [2.75, 3.05) is 7.05 Å². The molecule has 0 saturated carbocycles. The monoisotopic (exact) mass is 339 g/mol. The zero-order valence-electron chi connectivity index (χ0n) is 14.3. The Labute approximate surface area is 151 Å². The molecule has 2 atom stereocenters. The van der Waals surface area contributed by atoms with Gasteiger partial charge in [-0.3, -0.25) is 0 Å². The van der Waals surface area contributed by atoms with Crippen molar-refractivity contribution in [3.63, 3.8) is 0 Å². The molecule has 0 N–H and O–H groups in total. The van der Waals surface area contributed by atoms with E-state index in [-0.39, 0.29) is 12.5 Å². The summed E-state index contributed by atoms with van der Waals surface area (Å²) in [5.41, 5.74) is 2.17. The Balaban J connectivity index is 1.61. The first-order valence-corrected chi connectivity index (χ1v) is 8.90. The first kappa shape index (κ1) is 14.2. The molecule has 2 heterocycles. The molecule has 0 aliphatic carbocycles. The molecule has 0 saturated heterocycles. The minimum absolute atomic E-state index is 0.147. The van der Waals surface area contributed by atoms with Crippen LogP contribution in [0.15, 0.2) is 72.8 Å². The zero-order valence-corrected chi connectivity index (χ0v) is 14.3. The van der Waals surface area contributed by atoms with Gasteiger partial charge in [-0.15, -0.1) is 0 Å². The van der Waals surface area contributed by atoms with Gasteiger partial charge in [-0.25, -0.2) is 4.90 Å². The molecule has 3 heteroatoms. The van der Waals surface area contributed by atoms with Crippen molar-refractivity contribution in [1.82, 2.24) is 4.90 Å². The third-order valence-electron chi connectivity index (χ3n) is 5.55. The third-order valence-corrected chi connectivity index (χ3v) is 5.55. The van der Waals surface area contributed by atoms with E-state index in [1.54, 1.807) is 0 Å². The highest BCUT2D eigenvalue weighted by atomic mass is 16.6. The molecule has 4 aromatic rings. The van der Waals surface area contributed by atoms with Crippen LogP contribution in [0.4, 0.5) is 0 Å². The number of hydrogen-bond donors (Lipinski definition) is 0. The normalized spacial score (nSPS) is 21.0. The predicted molar refractivity (Wildman–Crippen MR) is 102 cm³/mol. The lowest BCUT2D eigenvalue weighted by Crippen LogP contribution is -2.43. The molecular weight excluding hydrogens is 322 g/mol. The highest BCUT2D eigenvalue weighted by molar-refractivity contribution is 5.92. The first-order valence-electron chi connectivity index (χ1n) is 8.90. The predicted octanol–water partition coefficient (Wildman–Crippen LogP) is 5.41. The van der Waals surface area contributed by atoms with E-state index in [2.05, 4.69) is 84.7 Å². The van der Waals surface area contributed by atoms with Gasteiger partial charge in [0, 0.05) is 10.8 Å². The third kappa shape index (κ3) is 1.76. The van der Waals surface area contributed by atoms with E-state index < -0.39 is 0 Å². The molecule has 0 spiro atoms. The van der Waals surface area contributed by atoms with Gasteiger partial charge in [0.15, 0.2) is 12.5 Å². The second-order valence-corrected chi connectivity index (χ2v) is 7.02. The van der Waals surface area contributed by atoms with Crippen LogP contribution >= 0.6 is 0 Å². The largest absolute Gasteiger partial charge is 0.470 e. The van der Waals surface area contributed by atoms with Gasteiger partial charge >= 0.3 is 0 Å². The maximum atomic E-state index is 6.55. The van der Waals surface area contributed by atoms with E-state index in [9.17, 15) is 0 Å². The van der Waals surface area contributed by atoms with Crippen LogP contribution in [-0.4, -0.2) is 11.9 Å². The minimum Gasteiger partial charge on any atom is -0.470 e. The fourth-order valence-electron chi connectivity index (χ4n) is 4.25. The Morgan fingerprint density at radius 3 is 1.58 bits per heavy atom. The molecule has 26 heavy (non-hydrogen) atoms. The highest BCUT2D eigenvalue weighted by Crippen LogP contribution is 2.52. The van der Waals surface area contributed by atoms with Crippen LogP contribution in [0.3, 0.4) is 0 Å². The topological polar surface area (TPSA) is 21.7 Å². The zero-order chi connectivity index (χ0) is 17.3. The number of rotatable bonds is 0. The van der Waals surface area contributed by atoms with E-state index in [1.807, 2.05) is 0 Å². The summed E-state index contributed by atoms with van der Waals surface area (Å²) < 4.78 is 13.1. The summed E-state index contributed by atoms with van der Waals surface area (Å²) in [4.78, 5) is 2.16. The van der Waals surface area contributed by atoms with Gasteiger partial charge in [0.05, 0.1) is 11.1 Å². The summed E-state index contributed by atoms with van der Waals surface area (Å²) in [5.74, 6) is 1.88. The SMILES string of the molecule is CN1C2Oc3c(ccc4ccccc34)C1Oc1c2ccc2ccccc12. The fourth-order valence-corrected chi connectivity index (χ4v) is 4.25. The Kier molecular flexibility index (Phi) is 2.72. The summed E-state index contributed by atoms with van der Waals surface area (Å²) in [5, 5.41) is 4.65. The van der Waals surface area contributed by atoms with Crippen LogP contribution < -0.4 is 9.47 Å². The maximum absolute atomic E-state index is 6.55. The Morgan fingerprint density at radius 1 is 0.615 bits per heavy atom. The van der Waals surface area contributed by atoms with E-state index in [1.165, 1.54) is 10.8 Å². The Bertz CT molecular complexity index is 1090. The van der Waals surface area contributed by atoms with E-state index in [4.69, 9.17) is 9.47 Å². The van der Waals surface area contributed by atoms with E-state index in [0.29, 0.717) is 0 Å². The molecule has 0 amide bonds. The van der Waals surface area contributed by atoms with Gasteiger partial charge in [-0.2, -0.15) is 0 Å². The molecule has 2 aliphatic rings. The summed E-state index contributed by atoms with van der Waals surface area (Å²) in [7, 11) is 2.06. The van der Waals surface area contributed by atoms with Crippen LogP contribution in [0.5, 0.6) is 11.5 Å². The minimum atomic E-state index is -0.147. The molecule has 3 nitrogen and oxygen atoms in total. The average Bonchev–Trinajstić information content (AvgIpc) is 2.68. The fraction of sp³-hybridized carbons (Fsp3) is 0.130. The number of nitrogens with zero attached hydrogens (tertiary/aromatic N) is 1. The lowest BCUT2D eigenvalue weighted by atomic mass is 9.97. The molecule has 2 bridgehead atoms. The van der Waals surface area contributed by atoms with Crippen LogP contribution in [0.25, 0.3) is 21.5 Å². The molecule has 6 rings (SSSR count). The van der Waals surface area contributed by atoms with E-state index >= 15 is 0 Å². The number of benzene rings is 4. The molecule has 0 aromatic heterocycles. The standard InChI is InChI=1S/C23H17NO2/c1-24-22-18-12-10-14-6-2-4-8-16(14)20(18)25-23(24)19-13-11-15-7-3-5-9-17(15)21(19)26-22/h2-13,22-23H,1H3. The van der Waals surface area contributed by atoms with Crippen molar-refractivity contribution in [1.29, 1.82) is 0 Å². The molecule has 0 fully saturated rings. The van der Waals surface area contributed by atoms with Gasteiger partial charge < -0.3 is 9.47 Å². The number of fused-ring (bicyclic) bond motifs is 10. The summed E-state index contributed by atoms with van der Waals surface area (Å²) in [6, 6.07) is 25.3. The summed E-state index contributed by atoms with van der Waals surface area (Å²) >= 11 is 0. The Morgan fingerprint density at radius 2 is 1.08 bits per heavy atom. The van der Waals surface area contributed by atoms with Gasteiger partial charge in [0.25, 0.3) is 0 Å². The quantitative estimate of drug-likeness (QED) is 0.428. The number of ether oxygens (including phenoxy) is 2. The lowest BCUT2D eigenvalue weighted by molar-refractivity contribution is -0.105. The summed E-state index contributed by atoms with van der Waals surface area (Å²) in [6.45, 7) is 0. The highest BCUT2D eigenvalue weighted by Gasteiger charge is 2.42. The molecule has 2 unspecified atom stereocenters. The Hall–Kier alpha value is -3.04. The molecule has 126 valence electrons. The van der Waals surface area contributed by atoms with Crippen molar-refractivity contribution in [2.45, 2.75) is 12.5 Å². The maximum Gasteiger partial charge on any atom is 0.185 e. The van der Waals surface area contributed by atoms with Gasteiger partial charge in [-0.05, 0) is 30.0 Å². The van der Waals surface area contributed by atoms with Crippen LogP contribution in [0.1, 0.15) is 23.6 Å². The summed E-state index contributed by atoms with van der Waals surface area (Å²) in [6.07, 6.45) is -0.293. The van der Waals surface area contributed by atoms with Crippen molar-refractivity contribution in [2.24, 2.45) is 0 Å². The second-order valence-electron chi connectivity index (χ2n) is 7.02. The van der Waals surface area contributed by atoms with Crippen LogP contribution in [0.2, 0.25) is 0 Å². The number of hydrogen-bond acceptors (Lipinski definition) is 3. The molecule has 2 aliphatic heterocycles. The molecule has 0 radical (unpaired) electrons. The lowest BCUT2D eigenvalue weighted by Gasteiger charge is -2.45. The average molecular weight is 339 g/mol. The van der Waals surface area contributed by atoms with Crippen molar-refractivity contribution in [3.05, 3.63) is 83.9 Å². The van der Waals surface area contributed by atoms with Crippen molar-refractivity contribution >= 4 is 21.5 Å². The van der Waals surface area contributed by atoms with Crippen LogP contribution in [-0.2, 0) is 0 Å². The van der Waals surface area contributed by atoms with Gasteiger partial charge in [-0.1, -0.05) is 60.7 Å². The smallest absolute Gasteiger partial charge is 0.185 e. The first-order chi connectivity index (χ1) is 12.8. The van der Waals surface area contributed by atoms with Crippen molar-refractivity contribution < 1.29 is 9.47 Å². The van der Waals surface area contributed by atoms with E-state index in [0.717, 1.165) is 33.4 Å². The van der Waals surface area contributed by atoms with Crippen LogP contribution in [0, 0.1) is 0 Å².